The summed E-state index contributed by atoms with van der Waals surface area (Å²) < 4.78 is 18.6. The van der Waals surface area contributed by atoms with Gasteiger partial charge in [-0.05, 0) is 43.3 Å². The second-order valence-electron chi connectivity index (χ2n) is 6.50. The molecule has 0 amide bonds. The van der Waals surface area contributed by atoms with Crippen molar-refractivity contribution in [1.29, 1.82) is 0 Å². The maximum absolute atomic E-state index is 5.49. The van der Waals surface area contributed by atoms with Gasteiger partial charge in [-0.15, -0.1) is 0 Å². The van der Waals surface area contributed by atoms with Crippen LogP contribution in [0.4, 0.5) is 5.69 Å². The van der Waals surface area contributed by atoms with Gasteiger partial charge in [0.2, 0.25) is 0 Å². The number of nitrogens with zero attached hydrogens (tertiary/aromatic N) is 2. The third-order valence-corrected chi connectivity index (χ3v) is 4.97. The second kappa shape index (κ2) is 6.92. The molecular formula is C21H24N2O3. The van der Waals surface area contributed by atoms with Crippen LogP contribution in [-0.4, -0.2) is 45.1 Å². The van der Waals surface area contributed by atoms with Crippen LogP contribution in [-0.2, 0) is 4.74 Å². The summed E-state index contributed by atoms with van der Waals surface area (Å²) in [4.78, 5) is 2.36. The lowest BCUT2D eigenvalue weighted by molar-refractivity contribution is 0.122. The van der Waals surface area contributed by atoms with Crippen LogP contribution in [0, 0.1) is 6.92 Å². The van der Waals surface area contributed by atoms with E-state index in [4.69, 9.17) is 14.2 Å². The molecule has 0 unspecified atom stereocenters. The predicted molar refractivity (Wildman–Crippen MR) is 104 cm³/mol. The van der Waals surface area contributed by atoms with E-state index in [2.05, 4.69) is 46.7 Å². The number of hydrogen-bond acceptors (Lipinski definition) is 4. The average molecular weight is 352 g/mol. The fourth-order valence-corrected chi connectivity index (χ4v) is 3.65. The van der Waals surface area contributed by atoms with Crippen molar-refractivity contribution >= 4 is 16.6 Å². The molecule has 1 aromatic heterocycles. The van der Waals surface area contributed by atoms with Crippen LogP contribution >= 0.6 is 0 Å². The number of rotatable bonds is 4. The highest BCUT2D eigenvalue weighted by Crippen LogP contribution is 2.35. The van der Waals surface area contributed by atoms with Gasteiger partial charge in [0.1, 0.15) is 0 Å². The fraction of sp³-hybridized carbons (Fsp3) is 0.333. The third-order valence-electron chi connectivity index (χ3n) is 4.97. The highest BCUT2D eigenvalue weighted by molar-refractivity contribution is 5.87. The van der Waals surface area contributed by atoms with Gasteiger partial charge < -0.3 is 23.7 Å². The van der Waals surface area contributed by atoms with Crippen LogP contribution in [0.5, 0.6) is 11.5 Å². The largest absolute Gasteiger partial charge is 0.493 e. The number of aryl methyl sites for hydroxylation is 1. The first-order valence-electron chi connectivity index (χ1n) is 8.88. The van der Waals surface area contributed by atoms with Crippen molar-refractivity contribution < 1.29 is 14.2 Å². The van der Waals surface area contributed by atoms with Crippen LogP contribution in [0.2, 0.25) is 0 Å². The Hall–Kier alpha value is -2.66. The lowest BCUT2D eigenvalue weighted by Crippen LogP contribution is -2.36. The van der Waals surface area contributed by atoms with E-state index in [0.717, 1.165) is 54.4 Å². The molecule has 0 radical (unpaired) electrons. The van der Waals surface area contributed by atoms with Gasteiger partial charge in [0.25, 0.3) is 0 Å². The van der Waals surface area contributed by atoms with Crippen LogP contribution in [0.15, 0.2) is 42.5 Å². The maximum atomic E-state index is 5.49. The summed E-state index contributed by atoms with van der Waals surface area (Å²) in [6, 6.07) is 15.0. The molecule has 1 aliphatic heterocycles. The Morgan fingerprint density at radius 3 is 2.12 bits per heavy atom. The van der Waals surface area contributed by atoms with E-state index in [0.29, 0.717) is 0 Å². The number of anilines is 1. The van der Waals surface area contributed by atoms with Gasteiger partial charge in [-0.3, -0.25) is 0 Å². The average Bonchev–Trinajstić information content (AvgIpc) is 3.02. The molecule has 0 N–H and O–H groups in total. The number of morpholine rings is 1. The molecule has 3 aromatic rings. The van der Waals surface area contributed by atoms with Crippen molar-refractivity contribution in [3.63, 3.8) is 0 Å². The highest BCUT2D eigenvalue weighted by Gasteiger charge is 2.14. The number of aromatic nitrogens is 1. The summed E-state index contributed by atoms with van der Waals surface area (Å²) in [5.74, 6) is 1.49. The molecule has 4 rings (SSSR count). The molecule has 1 aliphatic rings. The number of fused-ring (bicyclic) bond motifs is 1. The Morgan fingerprint density at radius 1 is 0.846 bits per heavy atom. The molecule has 1 saturated heterocycles. The van der Waals surface area contributed by atoms with Gasteiger partial charge in [0.05, 0.1) is 33.0 Å². The smallest absolute Gasteiger partial charge is 0.162 e. The second-order valence-corrected chi connectivity index (χ2v) is 6.50. The first kappa shape index (κ1) is 16.8. The number of hydrogen-bond donors (Lipinski definition) is 0. The van der Waals surface area contributed by atoms with E-state index in [-0.39, 0.29) is 0 Å². The molecule has 5 heteroatoms. The zero-order valence-corrected chi connectivity index (χ0v) is 15.5. The Balaban J connectivity index is 1.74. The van der Waals surface area contributed by atoms with Crippen LogP contribution < -0.4 is 14.4 Å². The molecular weight excluding hydrogens is 328 g/mol. The molecule has 0 spiro atoms. The lowest BCUT2D eigenvalue weighted by Gasteiger charge is -2.29. The van der Waals surface area contributed by atoms with Gasteiger partial charge in [0.15, 0.2) is 11.5 Å². The van der Waals surface area contributed by atoms with E-state index >= 15 is 0 Å². The molecule has 2 aromatic carbocycles. The highest BCUT2D eigenvalue weighted by atomic mass is 16.5. The topological polar surface area (TPSA) is 35.9 Å². The normalized spacial score (nSPS) is 14.7. The molecule has 136 valence electrons. The van der Waals surface area contributed by atoms with Gasteiger partial charge in [-0.25, -0.2) is 0 Å². The molecule has 0 atom stereocenters. The quantitative estimate of drug-likeness (QED) is 0.716. The summed E-state index contributed by atoms with van der Waals surface area (Å²) >= 11 is 0. The van der Waals surface area contributed by atoms with E-state index < -0.39 is 0 Å². The Morgan fingerprint density at radius 2 is 1.46 bits per heavy atom. The lowest BCUT2D eigenvalue weighted by atomic mass is 10.2. The van der Waals surface area contributed by atoms with Gasteiger partial charge in [-0.1, -0.05) is 0 Å². The van der Waals surface area contributed by atoms with Gasteiger partial charge in [-0.2, -0.15) is 0 Å². The number of benzene rings is 2. The maximum Gasteiger partial charge on any atom is 0.162 e. The van der Waals surface area contributed by atoms with Crippen molar-refractivity contribution in [1.82, 2.24) is 4.57 Å². The molecule has 26 heavy (non-hydrogen) atoms. The Labute approximate surface area is 153 Å². The zero-order valence-electron chi connectivity index (χ0n) is 15.5. The van der Waals surface area contributed by atoms with Gasteiger partial charge >= 0.3 is 0 Å². The minimum Gasteiger partial charge on any atom is -0.493 e. The summed E-state index contributed by atoms with van der Waals surface area (Å²) in [5.41, 5.74) is 4.67. The number of ether oxygens (including phenoxy) is 3. The van der Waals surface area contributed by atoms with Crippen LogP contribution in [0.25, 0.3) is 16.6 Å². The minimum atomic E-state index is 0.740. The molecule has 0 aliphatic carbocycles. The Kier molecular flexibility index (Phi) is 4.47. The van der Waals surface area contributed by atoms with Gasteiger partial charge in [0, 0.05) is 41.6 Å². The summed E-state index contributed by atoms with van der Waals surface area (Å²) in [7, 11) is 3.33. The van der Waals surface area contributed by atoms with Crippen molar-refractivity contribution in [2.75, 3.05) is 45.4 Å². The summed E-state index contributed by atoms with van der Waals surface area (Å²) in [5, 5.41) is 1.14. The van der Waals surface area contributed by atoms with Crippen molar-refractivity contribution in [3.8, 4) is 17.2 Å². The zero-order chi connectivity index (χ0) is 18.1. The van der Waals surface area contributed by atoms with E-state index in [9.17, 15) is 0 Å². The standard InChI is InChI=1S/C21H24N2O3/c1-15-12-16-13-20(24-2)21(25-3)14-19(16)23(15)18-6-4-17(5-7-18)22-8-10-26-11-9-22/h4-7,12-14H,8-11H2,1-3H3. The fourth-order valence-electron chi connectivity index (χ4n) is 3.65. The van der Waals surface area contributed by atoms with E-state index in [1.807, 2.05) is 12.1 Å². The van der Waals surface area contributed by atoms with E-state index in [1.165, 1.54) is 11.4 Å². The van der Waals surface area contributed by atoms with E-state index in [1.54, 1.807) is 14.2 Å². The summed E-state index contributed by atoms with van der Waals surface area (Å²) in [6.07, 6.45) is 0. The first-order chi connectivity index (χ1) is 12.7. The van der Waals surface area contributed by atoms with Crippen molar-refractivity contribution in [2.45, 2.75) is 6.92 Å². The van der Waals surface area contributed by atoms with Crippen LogP contribution in [0.1, 0.15) is 5.69 Å². The summed E-state index contributed by atoms with van der Waals surface area (Å²) in [6.45, 7) is 5.61. The Bertz CT molecular complexity index is 909. The first-order valence-corrected chi connectivity index (χ1v) is 8.88. The van der Waals surface area contributed by atoms with Crippen molar-refractivity contribution in [3.05, 3.63) is 48.2 Å². The molecule has 5 nitrogen and oxygen atoms in total. The predicted octanol–water partition coefficient (Wildman–Crippen LogP) is 3.79. The SMILES string of the molecule is COc1cc2cc(C)n(-c3ccc(N4CCOCC4)cc3)c2cc1OC. The number of methoxy groups -OCH3 is 2. The molecule has 0 bridgehead atoms. The molecule has 0 saturated carbocycles. The minimum absolute atomic E-state index is 0.740. The molecule has 1 fully saturated rings. The molecule has 2 heterocycles. The monoisotopic (exact) mass is 352 g/mol. The third kappa shape index (κ3) is 2.88. The van der Waals surface area contributed by atoms with Crippen molar-refractivity contribution in [2.24, 2.45) is 0 Å². The van der Waals surface area contributed by atoms with Crippen LogP contribution in [0.3, 0.4) is 0 Å².